The first kappa shape index (κ1) is 19.5. The number of rotatable bonds is 9. The molecule has 0 aliphatic carbocycles. The Labute approximate surface area is 157 Å². The van der Waals surface area contributed by atoms with Gasteiger partial charge in [-0.25, -0.2) is 0 Å². The van der Waals surface area contributed by atoms with Gasteiger partial charge >= 0.3 is 0 Å². The fraction of sp³-hybridized carbons (Fsp3) is 0.368. The number of amides is 1. The Morgan fingerprint density at radius 1 is 1.12 bits per heavy atom. The molecule has 0 aliphatic rings. The van der Waals surface area contributed by atoms with Crippen LogP contribution in [-0.2, 0) is 4.79 Å². The number of ketones is 1. The molecule has 0 unspecified atom stereocenters. The van der Waals surface area contributed by atoms with E-state index in [4.69, 9.17) is 16.3 Å². The van der Waals surface area contributed by atoms with Gasteiger partial charge in [0.25, 0.3) is 0 Å². The van der Waals surface area contributed by atoms with Crippen LogP contribution in [0.25, 0.3) is 0 Å². The van der Waals surface area contributed by atoms with Gasteiger partial charge in [0.15, 0.2) is 5.78 Å². The van der Waals surface area contributed by atoms with Crippen molar-refractivity contribution in [3.63, 3.8) is 0 Å². The van der Waals surface area contributed by atoms with Crippen LogP contribution >= 0.6 is 22.9 Å². The Hall–Kier alpha value is -1.85. The van der Waals surface area contributed by atoms with Gasteiger partial charge in [-0.05, 0) is 49.7 Å². The number of thiophene rings is 1. The van der Waals surface area contributed by atoms with E-state index in [0.717, 1.165) is 21.9 Å². The van der Waals surface area contributed by atoms with Crippen LogP contribution in [0.3, 0.4) is 0 Å². The molecule has 4 nitrogen and oxygen atoms in total. The Bertz CT molecular complexity index is 712. The Morgan fingerprint density at radius 2 is 1.84 bits per heavy atom. The molecule has 0 saturated heterocycles. The van der Waals surface area contributed by atoms with Gasteiger partial charge in [0, 0.05) is 36.3 Å². The van der Waals surface area contributed by atoms with Crippen LogP contribution in [0.5, 0.6) is 5.75 Å². The van der Waals surface area contributed by atoms with Crippen molar-refractivity contribution in [2.75, 3.05) is 20.2 Å². The summed E-state index contributed by atoms with van der Waals surface area (Å²) in [6.07, 6.45) is 1.22. The molecule has 2 rings (SSSR count). The van der Waals surface area contributed by atoms with Crippen LogP contribution in [0.2, 0.25) is 5.02 Å². The lowest BCUT2D eigenvalue weighted by Gasteiger charge is -2.17. The van der Waals surface area contributed by atoms with E-state index in [0.29, 0.717) is 18.2 Å². The van der Waals surface area contributed by atoms with Gasteiger partial charge in [0.2, 0.25) is 5.91 Å². The number of aryl methyl sites for hydroxylation is 1. The van der Waals surface area contributed by atoms with Gasteiger partial charge in [-0.15, -0.1) is 11.3 Å². The van der Waals surface area contributed by atoms with E-state index in [1.54, 1.807) is 24.1 Å². The maximum atomic E-state index is 12.1. The molecule has 2 aromatic rings. The Balaban J connectivity index is 1.64. The summed E-state index contributed by atoms with van der Waals surface area (Å²) in [7, 11) is 1.75. The summed E-state index contributed by atoms with van der Waals surface area (Å²) in [6, 6.07) is 10.9. The molecule has 0 atom stereocenters. The van der Waals surface area contributed by atoms with E-state index in [-0.39, 0.29) is 24.5 Å². The van der Waals surface area contributed by atoms with Crippen LogP contribution in [0.15, 0.2) is 36.4 Å². The summed E-state index contributed by atoms with van der Waals surface area (Å²) in [5, 5.41) is 0.671. The number of benzene rings is 1. The van der Waals surface area contributed by atoms with Gasteiger partial charge in [0.05, 0.1) is 11.5 Å². The summed E-state index contributed by atoms with van der Waals surface area (Å²) < 4.78 is 5.60. The molecule has 0 spiro atoms. The zero-order valence-corrected chi connectivity index (χ0v) is 16.0. The fourth-order valence-corrected chi connectivity index (χ4v) is 3.23. The largest absolute Gasteiger partial charge is 0.494 e. The highest BCUT2D eigenvalue weighted by Crippen LogP contribution is 2.18. The lowest BCUT2D eigenvalue weighted by atomic mass is 10.2. The Kier molecular flexibility index (Phi) is 7.47. The van der Waals surface area contributed by atoms with E-state index in [1.165, 1.54) is 11.3 Å². The molecule has 0 aliphatic heterocycles. The molecule has 0 N–H and O–H groups in total. The summed E-state index contributed by atoms with van der Waals surface area (Å²) in [5.74, 6) is 0.772. The van der Waals surface area contributed by atoms with Crippen molar-refractivity contribution in [2.45, 2.75) is 26.2 Å². The first-order chi connectivity index (χ1) is 12.0. The predicted molar refractivity (Wildman–Crippen MR) is 102 cm³/mol. The molecular weight excluding hydrogens is 358 g/mol. The first-order valence-electron chi connectivity index (χ1n) is 8.17. The van der Waals surface area contributed by atoms with Crippen LogP contribution in [0.1, 0.15) is 33.8 Å². The number of ether oxygens (including phenoxy) is 1. The Morgan fingerprint density at radius 3 is 2.48 bits per heavy atom. The van der Waals surface area contributed by atoms with Crippen molar-refractivity contribution in [1.29, 1.82) is 0 Å². The van der Waals surface area contributed by atoms with Crippen molar-refractivity contribution in [1.82, 2.24) is 4.90 Å². The van der Waals surface area contributed by atoms with Crippen LogP contribution < -0.4 is 4.74 Å². The lowest BCUT2D eigenvalue weighted by Crippen LogP contribution is -2.28. The second-order valence-electron chi connectivity index (χ2n) is 5.80. The zero-order chi connectivity index (χ0) is 18.2. The van der Waals surface area contributed by atoms with E-state index in [1.807, 2.05) is 31.2 Å². The van der Waals surface area contributed by atoms with Gasteiger partial charge in [-0.3, -0.25) is 9.59 Å². The SMILES string of the molecule is Cc1ccc(C(=O)CCC(=O)N(C)CCCOc2ccc(Cl)cc2)s1. The number of halogens is 1. The van der Waals surface area contributed by atoms with Crippen LogP contribution in [0.4, 0.5) is 0 Å². The molecule has 25 heavy (non-hydrogen) atoms. The molecule has 1 amide bonds. The second kappa shape index (κ2) is 9.59. The highest BCUT2D eigenvalue weighted by Gasteiger charge is 2.13. The third kappa shape index (κ3) is 6.52. The minimum absolute atomic E-state index is 0.0203. The highest BCUT2D eigenvalue weighted by molar-refractivity contribution is 7.14. The number of carbonyl (C=O) groups excluding carboxylic acids is 2. The number of nitrogens with zero attached hydrogens (tertiary/aromatic N) is 1. The number of Topliss-reactive ketones (excluding diaryl/α,β-unsaturated/α-hetero) is 1. The monoisotopic (exact) mass is 379 g/mol. The topological polar surface area (TPSA) is 46.6 Å². The van der Waals surface area contributed by atoms with Crippen LogP contribution in [0, 0.1) is 6.92 Å². The van der Waals surface area contributed by atoms with Crippen molar-refractivity contribution < 1.29 is 14.3 Å². The first-order valence-corrected chi connectivity index (χ1v) is 9.37. The lowest BCUT2D eigenvalue weighted by molar-refractivity contribution is -0.129. The smallest absolute Gasteiger partial charge is 0.222 e. The molecule has 0 radical (unpaired) electrons. The predicted octanol–water partition coefficient (Wildman–Crippen LogP) is 4.60. The maximum Gasteiger partial charge on any atom is 0.222 e. The van der Waals surface area contributed by atoms with Crippen LogP contribution in [-0.4, -0.2) is 36.8 Å². The van der Waals surface area contributed by atoms with E-state index in [2.05, 4.69) is 0 Å². The van der Waals surface area contributed by atoms with Gasteiger partial charge < -0.3 is 9.64 Å². The second-order valence-corrected chi connectivity index (χ2v) is 7.53. The van der Waals surface area contributed by atoms with Gasteiger partial charge in [-0.1, -0.05) is 11.6 Å². The van der Waals surface area contributed by atoms with Gasteiger partial charge in [-0.2, -0.15) is 0 Å². The third-order valence-corrected chi connectivity index (χ3v) is 5.02. The summed E-state index contributed by atoms with van der Waals surface area (Å²) in [5.41, 5.74) is 0. The maximum absolute atomic E-state index is 12.1. The number of hydrogen-bond acceptors (Lipinski definition) is 4. The van der Waals surface area contributed by atoms with E-state index >= 15 is 0 Å². The van der Waals surface area contributed by atoms with Crippen molar-refractivity contribution >= 4 is 34.6 Å². The minimum Gasteiger partial charge on any atom is -0.494 e. The quantitative estimate of drug-likeness (QED) is 0.472. The van der Waals surface area contributed by atoms with E-state index < -0.39 is 0 Å². The molecule has 1 aromatic heterocycles. The molecule has 6 heteroatoms. The third-order valence-electron chi connectivity index (χ3n) is 3.73. The zero-order valence-electron chi connectivity index (χ0n) is 14.5. The fourth-order valence-electron chi connectivity index (χ4n) is 2.27. The molecule has 134 valence electrons. The molecule has 0 saturated carbocycles. The molecule has 0 fully saturated rings. The normalized spacial score (nSPS) is 10.5. The average Bonchev–Trinajstić information content (AvgIpc) is 3.04. The van der Waals surface area contributed by atoms with Crippen molar-refractivity contribution in [2.24, 2.45) is 0 Å². The standard InChI is InChI=1S/C19H22ClNO3S/c1-14-4-10-18(25-14)17(22)9-11-19(23)21(2)12-3-13-24-16-7-5-15(20)6-8-16/h4-8,10H,3,9,11-13H2,1-2H3. The molecule has 1 aromatic carbocycles. The van der Waals surface area contributed by atoms with Gasteiger partial charge in [0.1, 0.15) is 5.75 Å². The van der Waals surface area contributed by atoms with Crippen molar-refractivity contribution in [3.05, 3.63) is 51.2 Å². The molecule has 1 heterocycles. The summed E-state index contributed by atoms with van der Waals surface area (Å²) in [4.78, 5) is 27.6. The summed E-state index contributed by atoms with van der Waals surface area (Å²) in [6.45, 7) is 3.08. The minimum atomic E-state index is -0.0203. The highest BCUT2D eigenvalue weighted by atomic mass is 35.5. The average molecular weight is 380 g/mol. The number of hydrogen-bond donors (Lipinski definition) is 0. The molecule has 0 bridgehead atoms. The van der Waals surface area contributed by atoms with Crippen molar-refractivity contribution in [3.8, 4) is 5.75 Å². The summed E-state index contributed by atoms with van der Waals surface area (Å²) >= 11 is 7.29. The molecular formula is C19H22ClNO3S. The van der Waals surface area contributed by atoms with E-state index in [9.17, 15) is 9.59 Å². The number of carbonyl (C=O) groups is 2.